The second kappa shape index (κ2) is 3.66. The van der Waals surface area contributed by atoms with Crippen molar-refractivity contribution in [1.82, 2.24) is 4.98 Å². The van der Waals surface area contributed by atoms with Crippen LogP contribution in [0.2, 0.25) is 0 Å². The Balaban J connectivity index is 2.95. The lowest BCUT2D eigenvalue weighted by Gasteiger charge is -2.01. The van der Waals surface area contributed by atoms with Gasteiger partial charge in [-0.3, -0.25) is 4.79 Å². The predicted molar refractivity (Wildman–Crippen MR) is 44.6 cm³/mol. The van der Waals surface area contributed by atoms with Crippen LogP contribution in [0.4, 0.5) is 4.79 Å². The monoisotopic (exact) mass is 180 g/mol. The molecule has 0 aromatic carbocycles. The van der Waals surface area contributed by atoms with Crippen molar-refractivity contribution in [1.29, 1.82) is 0 Å². The second-order valence-corrected chi connectivity index (χ2v) is 2.36. The number of primary amides is 1. The van der Waals surface area contributed by atoms with Crippen LogP contribution < -0.4 is 10.5 Å². The van der Waals surface area contributed by atoms with Crippen molar-refractivity contribution < 1.29 is 14.3 Å². The van der Waals surface area contributed by atoms with E-state index in [2.05, 4.69) is 9.72 Å². The van der Waals surface area contributed by atoms with Crippen molar-refractivity contribution in [3.63, 3.8) is 0 Å². The highest BCUT2D eigenvalue weighted by Gasteiger charge is 2.03. The van der Waals surface area contributed by atoms with E-state index in [1.54, 1.807) is 6.92 Å². The third kappa shape index (κ3) is 2.26. The van der Waals surface area contributed by atoms with Gasteiger partial charge >= 0.3 is 6.09 Å². The average molecular weight is 180 g/mol. The lowest BCUT2D eigenvalue weighted by atomic mass is 10.2. The van der Waals surface area contributed by atoms with Crippen LogP contribution in [0.25, 0.3) is 0 Å². The fourth-order valence-electron chi connectivity index (χ4n) is 0.833. The molecule has 0 aliphatic rings. The van der Waals surface area contributed by atoms with Gasteiger partial charge in [-0.25, -0.2) is 9.78 Å². The second-order valence-electron chi connectivity index (χ2n) is 2.36. The Morgan fingerprint density at radius 1 is 1.62 bits per heavy atom. The van der Waals surface area contributed by atoms with Gasteiger partial charge in [-0.05, 0) is 13.0 Å². The smallest absolute Gasteiger partial charge is 0.391 e. The molecule has 13 heavy (non-hydrogen) atoms. The first kappa shape index (κ1) is 9.18. The molecule has 1 aromatic heterocycles. The zero-order valence-corrected chi connectivity index (χ0v) is 6.98. The van der Waals surface area contributed by atoms with Gasteiger partial charge in [0.1, 0.15) is 0 Å². The lowest BCUT2D eigenvalue weighted by molar-refractivity contribution is 0.112. The Morgan fingerprint density at radius 3 is 2.77 bits per heavy atom. The Kier molecular flexibility index (Phi) is 2.59. The van der Waals surface area contributed by atoms with Gasteiger partial charge in [-0.1, -0.05) is 0 Å². The number of nitrogens with two attached hydrogens (primary N) is 1. The third-order valence-electron chi connectivity index (χ3n) is 1.43. The number of hydrogen-bond donors (Lipinski definition) is 1. The maximum atomic E-state index is 10.4. The van der Waals surface area contributed by atoms with Crippen LogP contribution in [-0.2, 0) is 0 Å². The molecular weight excluding hydrogens is 172 g/mol. The van der Waals surface area contributed by atoms with Crippen molar-refractivity contribution in [2.45, 2.75) is 6.92 Å². The van der Waals surface area contributed by atoms with E-state index >= 15 is 0 Å². The molecule has 0 spiro atoms. The number of aromatic nitrogens is 1. The van der Waals surface area contributed by atoms with Gasteiger partial charge in [0.2, 0.25) is 5.88 Å². The molecule has 68 valence electrons. The SMILES string of the molecule is Cc1nc(OC(N)=O)ccc1C=O. The highest BCUT2D eigenvalue weighted by Crippen LogP contribution is 2.10. The summed E-state index contributed by atoms with van der Waals surface area (Å²) in [6.45, 7) is 1.64. The Hall–Kier alpha value is -1.91. The number of carbonyl (C=O) groups excluding carboxylic acids is 2. The molecule has 0 atom stereocenters. The van der Waals surface area contributed by atoms with E-state index in [1.165, 1.54) is 12.1 Å². The van der Waals surface area contributed by atoms with Crippen molar-refractivity contribution in [3.8, 4) is 5.88 Å². The number of ether oxygens (including phenoxy) is 1. The lowest BCUT2D eigenvalue weighted by Crippen LogP contribution is -2.17. The van der Waals surface area contributed by atoms with Gasteiger partial charge in [-0.2, -0.15) is 0 Å². The first-order valence-electron chi connectivity index (χ1n) is 3.53. The molecule has 5 heteroatoms. The standard InChI is InChI=1S/C8H8N2O3/c1-5-6(4-11)2-3-7(10-5)13-8(9)12/h2-4H,1H3,(H2,9,12). The van der Waals surface area contributed by atoms with Crippen molar-refractivity contribution in [2.75, 3.05) is 0 Å². The van der Waals surface area contributed by atoms with Crippen molar-refractivity contribution in [3.05, 3.63) is 23.4 Å². The molecule has 0 fully saturated rings. The van der Waals surface area contributed by atoms with E-state index in [1.807, 2.05) is 0 Å². The number of hydrogen-bond acceptors (Lipinski definition) is 4. The molecule has 0 saturated heterocycles. The summed E-state index contributed by atoms with van der Waals surface area (Å²) in [5, 5.41) is 0. The zero-order valence-electron chi connectivity index (χ0n) is 6.98. The van der Waals surface area contributed by atoms with Crippen molar-refractivity contribution in [2.24, 2.45) is 5.73 Å². The summed E-state index contributed by atoms with van der Waals surface area (Å²) in [7, 11) is 0. The maximum Gasteiger partial charge on any atom is 0.411 e. The summed E-state index contributed by atoms with van der Waals surface area (Å²) in [5.41, 5.74) is 5.72. The van der Waals surface area contributed by atoms with E-state index < -0.39 is 6.09 Å². The van der Waals surface area contributed by atoms with Gasteiger partial charge in [0.05, 0.1) is 5.69 Å². The van der Waals surface area contributed by atoms with E-state index in [0.717, 1.165) is 0 Å². The number of aldehydes is 1. The minimum Gasteiger partial charge on any atom is -0.391 e. The summed E-state index contributed by atoms with van der Waals surface area (Å²) in [4.78, 5) is 24.5. The van der Waals surface area contributed by atoms with Crippen LogP contribution >= 0.6 is 0 Å². The van der Waals surface area contributed by atoms with Crippen LogP contribution in [0.5, 0.6) is 5.88 Å². The van der Waals surface area contributed by atoms with E-state index in [9.17, 15) is 9.59 Å². The Labute approximate surface area is 74.5 Å². The van der Waals surface area contributed by atoms with Crippen LogP contribution in [0.3, 0.4) is 0 Å². The van der Waals surface area contributed by atoms with Gasteiger partial charge in [0.15, 0.2) is 6.29 Å². The molecule has 0 aliphatic heterocycles. The molecule has 0 saturated carbocycles. The van der Waals surface area contributed by atoms with Crippen molar-refractivity contribution >= 4 is 12.4 Å². The molecule has 1 aromatic rings. The molecule has 0 aliphatic carbocycles. The van der Waals surface area contributed by atoms with E-state index in [4.69, 9.17) is 5.73 Å². The molecule has 0 unspecified atom stereocenters. The largest absolute Gasteiger partial charge is 0.411 e. The fourth-order valence-corrected chi connectivity index (χ4v) is 0.833. The Morgan fingerprint density at radius 2 is 2.31 bits per heavy atom. The molecular formula is C8H8N2O3. The summed E-state index contributed by atoms with van der Waals surface area (Å²) >= 11 is 0. The summed E-state index contributed by atoms with van der Waals surface area (Å²) in [5.74, 6) is 0.0931. The molecule has 1 heterocycles. The maximum absolute atomic E-state index is 10.4. The van der Waals surface area contributed by atoms with Crippen LogP contribution in [0.1, 0.15) is 16.1 Å². The number of pyridine rings is 1. The summed E-state index contributed by atoms with van der Waals surface area (Å²) in [6, 6.07) is 2.91. The minimum atomic E-state index is -0.925. The molecule has 2 N–H and O–H groups in total. The number of carbonyl (C=O) groups is 2. The normalized spacial score (nSPS) is 9.31. The van der Waals surface area contributed by atoms with E-state index in [-0.39, 0.29) is 5.88 Å². The first-order valence-corrected chi connectivity index (χ1v) is 3.53. The first-order chi connectivity index (χ1) is 6.13. The predicted octanol–water partition coefficient (Wildman–Crippen LogP) is 0.660. The van der Waals surface area contributed by atoms with Crippen LogP contribution in [0, 0.1) is 6.92 Å². The topological polar surface area (TPSA) is 82.3 Å². The quantitative estimate of drug-likeness (QED) is 0.677. The molecule has 5 nitrogen and oxygen atoms in total. The highest BCUT2D eigenvalue weighted by atomic mass is 16.6. The molecule has 1 rings (SSSR count). The average Bonchev–Trinajstić information content (AvgIpc) is 2.03. The van der Waals surface area contributed by atoms with E-state index in [0.29, 0.717) is 17.5 Å². The molecule has 0 bridgehead atoms. The van der Waals surface area contributed by atoms with Gasteiger partial charge in [-0.15, -0.1) is 0 Å². The summed E-state index contributed by atoms with van der Waals surface area (Å²) < 4.78 is 4.51. The minimum absolute atomic E-state index is 0.0931. The number of rotatable bonds is 2. The number of aryl methyl sites for hydroxylation is 1. The number of nitrogens with zero attached hydrogens (tertiary/aromatic N) is 1. The van der Waals surface area contributed by atoms with Gasteiger partial charge < -0.3 is 10.5 Å². The fraction of sp³-hybridized carbons (Fsp3) is 0.125. The van der Waals surface area contributed by atoms with Gasteiger partial charge in [0.25, 0.3) is 0 Å². The highest BCUT2D eigenvalue weighted by molar-refractivity contribution is 5.76. The van der Waals surface area contributed by atoms with Crippen LogP contribution in [-0.4, -0.2) is 17.4 Å². The van der Waals surface area contributed by atoms with Crippen LogP contribution in [0.15, 0.2) is 12.1 Å². The molecule has 1 amide bonds. The third-order valence-corrected chi connectivity index (χ3v) is 1.43. The zero-order chi connectivity index (χ0) is 9.84. The van der Waals surface area contributed by atoms with Gasteiger partial charge in [0, 0.05) is 11.6 Å². The summed E-state index contributed by atoms with van der Waals surface area (Å²) in [6.07, 6.45) is -0.248. The molecule has 0 radical (unpaired) electrons. The number of amides is 1. The Bertz CT molecular complexity index is 349.